The first kappa shape index (κ1) is 17.1. The molecule has 4 heteroatoms. The average molecular weight is 365 g/mol. The van der Waals surface area contributed by atoms with Gasteiger partial charge in [0.1, 0.15) is 5.76 Å². The monoisotopic (exact) mass is 365 g/mol. The quantitative estimate of drug-likeness (QED) is 0.757. The van der Waals surface area contributed by atoms with Crippen LogP contribution in [-0.4, -0.2) is 11.6 Å². The zero-order valence-electron chi connectivity index (χ0n) is 15.4. The van der Waals surface area contributed by atoms with Crippen LogP contribution < -0.4 is 16.0 Å². The van der Waals surface area contributed by atoms with Gasteiger partial charge in [0.2, 0.25) is 0 Å². The summed E-state index contributed by atoms with van der Waals surface area (Å²) in [6.07, 6.45) is 4.57. The van der Waals surface area contributed by atoms with E-state index in [2.05, 4.69) is 37.9 Å². The van der Waals surface area contributed by atoms with E-state index in [1.807, 2.05) is 18.3 Å². The Morgan fingerprint density at radius 2 is 2.00 bits per heavy atom. The largest absolute Gasteiger partial charge is 0.496 e. The van der Waals surface area contributed by atoms with Crippen LogP contribution in [0.2, 0.25) is 0 Å². The van der Waals surface area contributed by atoms with Crippen LogP contribution in [-0.2, 0) is 4.74 Å². The average Bonchev–Trinajstić information content (AvgIpc) is 2.98. The van der Waals surface area contributed by atoms with Gasteiger partial charge < -0.3 is 9.72 Å². The van der Waals surface area contributed by atoms with Crippen LogP contribution in [0.15, 0.2) is 35.3 Å². The summed E-state index contributed by atoms with van der Waals surface area (Å²) in [5.74, 6) is 0.921. The third-order valence-electron chi connectivity index (χ3n) is 5.08. The molecule has 0 radical (unpaired) electrons. The molecule has 0 atom stereocenters. The third kappa shape index (κ3) is 2.69. The molecule has 0 bridgehead atoms. The molecular formula is C22H23NO2S. The molecule has 0 saturated heterocycles. The van der Waals surface area contributed by atoms with E-state index in [1.54, 1.807) is 11.3 Å². The van der Waals surface area contributed by atoms with Gasteiger partial charge in [-0.05, 0) is 43.7 Å². The number of ether oxygens (including phenoxy) is 1. The summed E-state index contributed by atoms with van der Waals surface area (Å²) >= 11 is 1.69. The minimum absolute atomic E-state index is 0.114. The molecule has 0 spiro atoms. The number of rotatable bonds is 4. The van der Waals surface area contributed by atoms with Gasteiger partial charge >= 0.3 is 0 Å². The van der Waals surface area contributed by atoms with Crippen molar-refractivity contribution in [2.45, 2.75) is 40.0 Å². The molecule has 1 N–H and O–H groups in total. The highest BCUT2D eigenvalue weighted by molar-refractivity contribution is 7.22. The highest BCUT2D eigenvalue weighted by Crippen LogP contribution is 2.36. The Morgan fingerprint density at radius 3 is 2.77 bits per heavy atom. The summed E-state index contributed by atoms with van der Waals surface area (Å²) < 4.78 is 7.13. The number of hydrogen-bond donors (Lipinski definition) is 1. The first-order valence-corrected chi connectivity index (χ1v) is 9.99. The molecule has 134 valence electrons. The highest BCUT2D eigenvalue weighted by Gasteiger charge is 2.18. The van der Waals surface area contributed by atoms with Crippen molar-refractivity contribution in [2.75, 3.05) is 6.61 Å². The Kier molecular flexibility index (Phi) is 4.45. The van der Waals surface area contributed by atoms with Gasteiger partial charge in [0.15, 0.2) is 5.43 Å². The van der Waals surface area contributed by atoms with Gasteiger partial charge in [-0.1, -0.05) is 30.7 Å². The molecule has 1 aliphatic rings. The van der Waals surface area contributed by atoms with Gasteiger partial charge in [0.25, 0.3) is 0 Å². The summed E-state index contributed by atoms with van der Waals surface area (Å²) in [6.45, 7) is 6.95. The second-order valence-electron chi connectivity index (χ2n) is 6.89. The van der Waals surface area contributed by atoms with Gasteiger partial charge in [-0.2, -0.15) is 0 Å². The predicted octanol–water partition coefficient (Wildman–Crippen LogP) is 4.06. The van der Waals surface area contributed by atoms with Crippen molar-refractivity contribution in [2.24, 2.45) is 0 Å². The molecule has 0 fully saturated rings. The fourth-order valence-electron chi connectivity index (χ4n) is 3.68. The molecule has 2 aromatic heterocycles. The van der Waals surface area contributed by atoms with Crippen LogP contribution in [0.4, 0.5) is 0 Å². The van der Waals surface area contributed by atoms with Crippen molar-refractivity contribution in [1.29, 1.82) is 0 Å². The Labute approximate surface area is 156 Å². The Hall–Kier alpha value is -2.33. The smallest absolute Gasteiger partial charge is 0.198 e. The summed E-state index contributed by atoms with van der Waals surface area (Å²) in [5.41, 5.74) is 3.20. The van der Waals surface area contributed by atoms with E-state index in [0.29, 0.717) is 6.61 Å². The first-order valence-electron chi connectivity index (χ1n) is 9.17. The normalized spacial score (nSPS) is 14.0. The fourth-order valence-corrected chi connectivity index (χ4v) is 4.90. The van der Waals surface area contributed by atoms with Crippen LogP contribution in [0.5, 0.6) is 0 Å². The van der Waals surface area contributed by atoms with E-state index in [4.69, 9.17) is 4.74 Å². The van der Waals surface area contributed by atoms with Crippen LogP contribution in [0.25, 0.3) is 31.9 Å². The topological polar surface area (TPSA) is 42.1 Å². The molecule has 2 heterocycles. The van der Waals surface area contributed by atoms with Crippen molar-refractivity contribution >= 4 is 32.8 Å². The van der Waals surface area contributed by atoms with Crippen molar-refractivity contribution in [3.05, 3.63) is 56.8 Å². The number of aromatic amines is 1. The van der Waals surface area contributed by atoms with Gasteiger partial charge in [0.05, 0.1) is 17.5 Å². The zero-order valence-corrected chi connectivity index (χ0v) is 16.3. The van der Waals surface area contributed by atoms with Crippen LogP contribution in [0, 0.1) is 6.92 Å². The van der Waals surface area contributed by atoms with E-state index in [-0.39, 0.29) is 5.43 Å². The van der Waals surface area contributed by atoms with E-state index in [9.17, 15) is 4.79 Å². The number of pyridine rings is 1. The molecule has 1 aliphatic carbocycles. The maximum atomic E-state index is 13.4. The number of H-pyrrole nitrogens is 1. The summed E-state index contributed by atoms with van der Waals surface area (Å²) in [6, 6.07) is 8.33. The minimum atomic E-state index is 0.114. The number of fused-ring (bicyclic) bond motifs is 2. The van der Waals surface area contributed by atoms with Crippen LogP contribution >= 0.6 is 11.3 Å². The summed E-state index contributed by atoms with van der Waals surface area (Å²) in [4.78, 5) is 17.8. The molecule has 3 nitrogen and oxygen atoms in total. The molecule has 1 aromatic carbocycles. The maximum absolute atomic E-state index is 13.4. The number of aromatic nitrogens is 1. The van der Waals surface area contributed by atoms with E-state index < -0.39 is 0 Å². The molecular weight excluding hydrogens is 342 g/mol. The molecule has 4 rings (SSSR count). The number of benzene rings is 1. The third-order valence-corrected chi connectivity index (χ3v) is 6.39. The Balaban J connectivity index is 1.99. The maximum Gasteiger partial charge on any atom is 0.198 e. The minimum Gasteiger partial charge on any atom is -0.496 e. The van der Waals surface area contributed by atoms with Crippen LogP contribution in [0.1, 0.15) is 38.7 Å². The second-order valence-corrected chi connectivity index (χ2v) is 7.94. The van der Waals surface area contributed by atoms with Gasteiger partial charge in [-0.3, -0.25) is 4.79 Å². The first-order chi connectivity index (χ1) is 12.6. The number of hydrogen-bond acceptors (Lipinski definition) is 3. The number of nitrogens with one attached hydrogen (secondary N) is 1. The van der Waals surface area contributed by atoms with E-state index in [1.165, 1.54) is 15.6 Å². The molecule has 0 amide bonds. The molecule has 26 heavy (non-hydrogen) atoms. The van der Waals surface area contributed by atoms with Crippen molar-refractivity contribution < 1.29 is 4.74 Å². The highest BCUT2D eigenvalue weighted by atomic mass is 32.1. The Bertz CT molecular complexity index is 1170. The molecule has 3 aromatic rings. The molecule has 0 unspecified atom stereocenters. The zero-order chi connectivity index (χ0) is 18.3. The van der Waals surface area contributed by atoms with E-state index >= 15 is 0 Å². The summed E-state index contributed by atoms with van der Waals surface area (Å²) in [7, 11) is 0. The number of thiophene rings is 1. The lowest BCUT2D eigenvalue weighted by Crippen LogP contribution is -2.46. The lowest BCUT2D eigenvalue weighted by molar-refractivity contribution is 0.260. The van der Waals surface area contributed by atoms with Crippen molar-refractivity contribution in [1.82, 2.24) is 4.98 Å². The fraction of sp³-hybridized carbons (Fsp3) is 0.318. The van der Waals surface area contributed by atoms with Crippen molar-refractivity contribution in [3.63, 3.8) is 0 Å². The summed E-state index contributed by atoms with van der Waals surface area (Å²) in [5, 5.41) is 2.90. The van der Waals surface area contributed by atoms with Gasteiger partial charge in [-0.25, -0.2) is 0 Å². The van der Waals surface area contributed by atoms with Crippen molar-refractivity contribution in [3.8, 4) is 10.4 Å². The molecule has 0 aliphatic heterocycles. The lowest BCUT2D eigenvalue weighted by atomic mass is 9.99. The second kappa shape index (κ2) is 6.76. The lowest BCUT2D eigenvalue weighted by Gasteiger charge is -2.15. The van der Waals surface area contributed by atoms with Gasteiger partial charge in [0, 0.05) is 27.4 Å². The van der Waals surface area contributed by atoms with E-state index in [0.717, 1.165) is 51.6 Å². The standard InChI is InChI=1S/C22H23NO2S/c1-4-11-25-17-10-9-13(2)19-20(17)23-12-16(21(19)24)22-14(3)15-7-5-6-8-18(15)26-22/h5-8,12,23H,4,9-11H2,1-3H3. The SMILES string of the molecule is CCCOC1=c2[nH]cc(-c3sc4ccccc4c3C)c(=O)c2=C(C)CC1. The van der Waals surface area contributed by atoms with Gasteiger partial charge in [-0.15, -0.1) is 11.3 Å². The Morgan fingerprint density at radius 1 is 1.19 bits per heavy atom. The van der Waals surface area contributed by atoms with Crippen LogP contribution in [0.3, 0.4) is 0 Å². The number of aryl methyl sites for hydroxylation is 1. The molecule has 0 saturated carbocycles. The predicted molar refractivity (Wildman–Crippen MR) is 110 cm³/mol.